The Hall–Kier alpha value is -3.42. The van der Waals surface area contributed by atoms with Gasteiger partial charge in [-0.3, -0.25) is 19.8 Å². The van der Waals surface area contributed by atoms with Crippen LogP contribution < -0.4 is 15.1 Å². The highest BCUT2D eigenvalue weighted by molar-refractivity contribution is 6.14. The number of anilines is 2. The van der Waals surface area contributed by atoms with E-state index in [1.165, 1.54) is 4.90 Å². The lowest BCUT2D eigenvalue weighted by molar-refractivity contribution is -0.119. The Labute approximate surface area is 181 Å². The number of carbonyl (C=O) groups excluding carboxylic acids is 3. The van der Waals surface area contributed by atoms with Crippen molar-refractivity contribution < 1.29 is 14.4 Å². The van der Waals surface area contributed by atoms with Gasteiger partial charge in [0.15, 0.2) is 0 Å². The van der Waals surface area contributed by atoms with E-state index < -0.39 is 12.1 Å². The molecule has 0 radical (unpaired) electrons. The monoisotopic (exact) mass is 421 g/mol. The molecule has 31 heavy (non-hydrogen) atoms. The topological polar surface area (TPSA) is 85.8 Å². The minimum atomic E-state index is -0.569. The molecule has 2 aliphatic rings. The second-order valence-electron chi connectivity index (χ2n) is 8.27. The van der Waals surface area contributed by atoms with Crippen molar-refractivity contribution in [2.45, 2.75) is 33.7 Å². The highest BCUT2D eigenvalue weighted by Crippen LogP contribution is 2.25. The summed E-state index contributed by atoms with van der Waals surface area (Å²) in [5, 5.41) is 2.31. The van der Waals surface area contributed by atoms with Crippen LogP contribution in [-0.2, 0) is 4.79 Å². The highest BCUT2D eigenvalue weighted by atomic mass is 16.2. The standard InChI is InChI=1S/C23H27N5O3/c1-14-11-16(3)20(24-13-14)26-7-9-27(10-8-26)22(30)19-6-5-18(12-15(19)2)28-17(4)21(29)25-23(28)31/h5-6,11-13,17H,7-10H2,1-4H3,(H,25,29,31). The van der Waals surface area contributed by atoms with Gasteiger partial charge >= 0.3 is 6.03 Å². The van der Waals surface area contributed by atoms with Crippen LogP contribution in [0.15, 0.2) is 30.5 Å². The van der Waals surface area contributed by atoms with Crippen molar-refractivity contribution in [2.75, 3.05) is 36.0 Å². The maximum Gasteiger partial charge on any atom is 0.329 e. The van der Waals surface area contributed by atoms with E-state index in [1.54, 1.807) is 25.1 Å². The summed E-state index contributed by atoms with van der Waals surface area (Å²) in [6.07, 6.45) is 1.87. The van der Waals surface area contributed by atoms with Crippen molar-refractivity contribution in [1.82, 2.24) is 15.2 Å². The lowest BCUT2D eigenvalue weighted by Gasteiger charge is -2.36. The molecule has 4 amide bonds. The van der Waals surface area contributed by atoms with Crippen molar-refractivity contribution in [1.29, 1.82) is 0 Å². The Morgan fingerprint density at radius 1 is 1.03 bits per heavy atom. The smallest absolute Gasteiger partial charge is 0.329 e. The number of carbonyl (C=O) groups is 3. The molecular formula is C23H27N5O3. The SMILES string of the molecule is Cc1cnc(N2CCN(C(=O)c3ccc(N4C(=O)NC(=O)C4C)cc3C)CC2)c(C)c1. The summed E-state index contributed by atoms with van der Waals surface area (Å²) in [7, 11) is 0. The number of amides is 4. The molecule has 3 heterocycles. The van der Waals surface area contributed by atoms with E-state index in [2.05, 4.69) is 28.2 Å². The molecule has 0 spiro atoms. The summed E-state index contributed by atoms with van der Waals surface area (Å²) in [6, 6.07) is 6.38. The number of rotatable bonds is 3. The van der Waals surface area contributed by atoms with Crippen LogP contribution in [0.4, 0.5) is 16.3 Å². The van der Waals surface area contributed by atoms with Crippen molar-refractivity contribution in [3.05, 3.63) is 52.7 Å². The molecule has 1 N–H and O–H groups in total. The highest BCUT2D eigenvalue weighted by Gasteiger charge is 2.36. The molecular weight excluding hydrogens is 394 g/mol. The first-order valence-corrected chi connectivity index (χ1v) is 10.5. The van der Waals surface area contributed by atoms with Gasteiger partial charge in [0.25, 0.3) is 11.8 Å². The summed E-state index contributed by atoms with van der Waals surface area (Å²) in [6.45, 7) is 10.3. The minimum absolute atomic E-state index is 0.0210. The average molecular weight is 422 g/mol. The molecule has 0 saturated carbocycles. The van der Waals surface area contributed by atoms with E-state index in [4.69, 9.17) is 0 Å². The molecule has 162 valence electrons. The Balaban J connectivity index is 1.45. The van der Waals surface area contributed by atoms with Gasteiger partial charge in [0.2, 0.25) is 0 Å². The van der Waals surface area contributed by atoms with Crippen molar-refractivity contribution >= 4 is 29.4 Å². The normalized spacial score (nSPS) is 19.1. The number of hydrogen-bond donors (Lipinski definition) is 1. The van der Waals surface area contributed by atoms with Crippen LogP contribution in [0.1, 0.15) is 34.0 Å². The quantitative estimate of drug-likeness (QED) is 0.770. The van der Waals surface area contributed by atoms with E-state index in [1.807, 2.05) is 24.9 Å². The van der Waals surface area contributed by atoms with E-state index in [9.17, 15) is 14.4 Å². The van der Waals surface area contributed by atoms with Crippen molar-refractivity contribution in [3.63, 3.8) is 0 Å². The maximum absolute atomic E-state index is 13.1. The number of benzene rings is 1. The fourth-order valence-electron chi connectivity index (χ4n) is 4.27. The molecule has 0 bridgehead atoms. The molecule has 2 aliphatic heterocycles. The third kappa shape index (κ3) is 3.85. The first-order chi connectivity index (χ1) is 14.8. The Kier molecular flexibility index (Phi) is 5.39. The van der Waals surface area contributed by atoms with Crippen LogP contribution in [-0.4, -0.2) is 60.0 Å². The van der Waals surface area contributed by atoms with Gasteiger partial charge in [-0.2, -0.15) is 0 Å². The zero-order chi connectivity index (χ0) is 22.3. The van der Waals surface area contributed by atoms with Gasteiger partial charge in [-0.1, -0.05) is 6.07 Å². The lowest BCUT2D eigenvalue weighted by Crippen LogP contribution is -2.49. The van der Waals surface area contributed by atoms with Crippen LogP contribution in [0.2, 0.25) is 0 Å². The molecule has 0 aliphatic carbocycles. The molecule has 4 rings (SSSR count). The fraction of sp³-hybridized carbons (Fsp3) is 0.391. The number of urea groups is 1. The number of nitrogens with one attached hydrogen (secondary N) is 1. The Morgan fingerprint density at radius 3 is 2.32 bits per heavy atom. The zero-order valence-corrected chi connectivity index (χ0v) is 18.3. The second-order valence-corrected chi connectivity index (χ2v) is 8.27. The summed E-state index contributed by atoms with van der Waals surface area (Å²) in [5.41, 5.74) is 4.28. The van der Waals surface area contributed by atoms with Gasteiger partial charge in [-0.25, -0.2) is 9.78 Å². The third-order valence-corrected chi connectivity index (χ3v) is 5.99. The number of hydrogen-bond acceptors (Lipinski definition) is 5. The molecule has 8 heteroatoms. The molecule has 2 aromatic rings. The van der Waals surface area contributed by atoms with Crippen LogP contribution in [0.25, 0.3) is 0 Å². The average Bonchev–Trinajstić information content (AvgIpc) is 2.99. The molecule has 8 nitrogen and oxygen atoms in total. The van der Waals surface area contributed by atoms with Crippen LogP contribution in [0.5, 0.6) is 0 Å². The molecule has 1 atom stereocenters. The molecule has 1 aromatic carbocycles. The number of aromatic nitrogens is 1. The van der Waals surface area contributed by atoms with E-state index >= 15 is 0 Å². The fourth-order valence-corrected chi connectivity index (χ4v) is 4.27. The second kappa shape index (κ2) is 8.02. The molecule has 2 fully saturated rings. The van der Waals surface area contributed by atoms with E-state index in [0.29, 0.717) is 24.3 Å². The lowest BCUT2D eigenvalue weighted by atomic mass is 10.0. The number of nitrogens with zero attached hydrogens (tertiary/aromatic N) is 4. The van der Waals surface area contributed by atoms with Crippen LogP contribution in [0.3, 0.4) is 0 Å². The largest absolute Gasteiger partial charge is 0.353 e. The maximum atomic E-state index is 13.1. The number of imide groups is 1. The van der Waals surface area contributed by atoms with E-state index in [0.717, 1.165) is 35.6 Å². The van der Waals surface area contributed by atoms with Crippen molar-refractivity contribution in [2.24, 2.45) is 0 Å². The van der Waals surface area contributed by atoms with Gasteiger partial charge < -0.3 is 9.80 Å². The molecule has 2 saturated heterocycles. The van der Waals surface area contributed by atoms with Crippen LogP contribution >= 0.6 is 0 Å². The van der Waals surface area contributed by atoms with Crippen molar-refractivity contribution in [3.8, 4) is 0 Å². The summed E-state index contributed by atoms with van der Waals surface area (Å²) in [4.78, 5) is 47.0. The number of aryl methyl sites for hydroxylation is 3. The van der Waals surface area contributed by atoms with Gasteiger partial charge in [0.05, 0.1) is 0 Å². The summed E-state index contributed by atoms with van der Waals surface area (Å²) < 4.78 is 0. The predicted molar refractivity (Wildman–Crippen MR) is 118 cm³/mol. The van der Waals surface area contributed by atoms with Gasteiger partial charge in [0.1, 0.15) is 11.9 Å². The molecule has 1 aromatic heterocycles. The van der Waals surface area contributed by atoms with Gasteiger partial charge in [-0.15, -0.1) is 0 Å². The minimum Gasteiger partial charge on any atom is -0.353 e. The molecule has 1 unspecified atom stereocenters. The number of piperazine rings is 1. The summed E-state index contributed by atoms with van der Waals surface area (Å²) >= 11 is 0. The first kappa shape index (κ1) is 20.8. The van der Waals surface area contributed by atoms with Crippen LogP contribution in [0, 0.1) is 20.8 Å². The van der Waals surface area contributed by atoms with Gasteiger partial charge in [0, 0.05) is 43.6 Å². The van der Waals surface area contributed by atoms with E-state index in [-0.39, 0.29) is 11.8 Å². The third-order valence-electron chi connectivity index (χ3n) is 5.99. The zero-order valence-electron chi connectivity index (χ0n) is 18.3. The Morgan fingerprint density at radius 2 is 1.74 bits per heavy atom. The first-order valence-electron chi connectivity index (χ1n) is 10.5. The Bertz CT molecular complexity index is 1060. The predicted octanol–water partition coefficient (Wildman–Crippen LogP) is 2.41. The summed E-state index contributed by atoms with van der Waals surface area (Å²) in [5.74, 6) is 0.636. The van der Waals surface area contributed by atoms with Gasteiger partial charge in [-0.05, 0) is 62.6 Å². The number of pyridine rings is 1.